The topological polar surface area (TPSA) is 92.4 Å². The molecule has 2 aliphatic rings. The molecular formula is C18H20N2O4. The first-order chi connectivity index (χ1) is 11.6. The lowest BCUT2D eigenvalue weighted by molar-refractivity contribution is -0.143. The number of carbonyl (C=O) groups excluding carboxylic acids is 1. The Balaban J connectivity index is 1.42. The average molecular weight is 328 g/mol. The zero-order valence-corrected chi connectivity index (χ0v) is 13.3. The molecule has 0 atom stereocenters. The van der Waals surface area contributed by atoms with Crippen molar-refractivity contribution in [3.8, 4) is 0 Å². The number of amides is 1. The number of carboxylic acids is 1. The van der Waals surface area contributed by atoms with Crippen LogP contribution < -0.4 is 5.32 Å². The van der Waals surface area contributed by atoms with Crippen LogP contribution in [0.25, 0.3) is 11.1 Å². The fraction of sp³-hybridized carbons (Fsp3) is 0.500. The summed E-state index contributed by atoms with van der Waals surface area (Å²) >= 11 is 0. The van der Waals surface area contributed by atoms with Crippen molar-refractivity contribution in [2.24, 2.45) is 11.8 Å². The summed E-state index contributed by atoms with van der Waals surface area (Å²) in [6, 6.07) is 5.50. The molecule has 24 heavy (non-hydrogen) atoms. The Bertz CT molecular complexity index is 785. The highest BCUT2D eigenvalue weighted by Crippen LogP contribution is 2.40. The molecule has 2 aromatic rings. The van der Waals surface area contributed by atoms with Crippen molar-refractivity contribution >= 4 is 28.7 Å². The number of anilines is 1. The van der Waals surface area contributed by atoms with Gasteiger partial charge in [0.05, 0.1) is 5.92 Å². The predicted octanol–water partition coefficient (Wildman–Crippen LogP) is 3.53. The number of nitrogens with zero attached hydrogens (tertiary/aromatic N) is 1. The number of hydrogen-bond donors (Lipinski definition) is 2. The van der Waals surface area contributed by atoms with Crippen LogP contribution >= 0.6 is 0 Å². The summed E-state index contributed by atoms with van der Waals surface area (Å²) in [6.45, 7) is 0. The molecule has 0 spiro atoms. The first kappa shape index (κ1) is 15.2. The second-order valence-electron chi connectivity index (χ2n) is 6.88. The maximum Gasteiger partial charge on any atom is 0.306 e. The van der Waals surface area contributed by atoms with Gasteiger partial charge in [-0.2, -0.15) is 0 Å². The van der Waals surface area contributed by atoms with Crippen LogP contribution in [0.2, 0.25) is 0 Å². The summed E-state index contributed by atoms with van der Waals surface area (Å²) in [7, 11) is 0. The first-order valence-corrected chi connectivity index (χ1v) is 8.54. The molecule has 2 fully saturated rings. The Labute approximate surface area is 139 Å². The number of oxazole rings is 1. The molecule has 0 bridgehead atoms. The highest BCUT2D eigenvalue weighted by atomic mass is 16.4. The van der Waals surface area contributed by atoms with Gasteiger partial charge in [0.1, 0.15) is 5.52 Å². The third-order valence-electron chi connectivity index (χ3n) is 5.05. The Morgan fingerprint density at radius 3 is 2.46 bits per heavy atom. The van der Waals surface area contributed by atoms with Crippen molar-refractivity contribution in [2.45, 2.75) is 44.4 Å². The van der Waals surface area contributed by atoms with E-state index < -0.39 is 5.97 Å². The number of aromatic nitrogens is 1. The molecule has 0 radical (unpaired) electrons. The van der Waals surface area contributed by atoms with E-state index in [1.165, 1.54) is 0 Å². The molecule has 0 aliphatic heterocycles. The molecule has 2 saturated carbocycles. The Hall–Kier alpha value is -2.37. The Morgan fingerprint density at radius 2 is 1.79 bits per heavy atom. The summed E-state index contributed by atoms with van der Waals surface area (Å²) in [5.74, 6) is 0.0400. The lowest BCUT2D eigenvalue weighted by Crippen LogP contribution is -2.29. The molecular weight excluding hydrogens is 308 g/mol. The van der Waals surface area contributed by atoms with Crippen LogP contribution in [0.15, 0.2) is 22.6 Å². The number of nitrogens with one attached hydrogen (secondary N) is 1. The van der Waals surface area contributed by atoms with E-state index in [2.05, 4.69) is 10.3 Å². The van der Waals surface area contributed by atoms with Gasteiger partial charge < -0.3 is 14.8 Å². The normalized spacial score (nSPS) is 24.0. The minimum absolute atomic E-state index is 0.0379. The van der Waals surface area contributed by atoms with Crippen molar-refractivity contribution < 1.29 is 19.1 Å². The summed E-state index contributed by atoms with van der Waals surface area (Å²) < 4.78 is 5.72. The smallest absolute Gasteiger partial charge is 0.306 e. The van der Waals surface area contributed by atoms with Gasteiger partial charge >= 0.3 is 5.97 Å². The molecule has 0 saturated heterocycles. The van der Waals surface area contributed by atoms with E-state index in [0.29, 0.717) is 37.3 Å². The van der Waals surface area contributed by atoms with Crippen molar-refractivity contribution in [3.05, 3.63) is 24.1 Å². The second kappa shape index (κ2) is 5.92. The summed E-state index contributed by atoms with van der Waals surface area (Å²) in [5.41, 5.74) is 2.23. The molecule has 2 N–H and O–H groups in total. The molecule has 2 aliphatic carbocycles. The van der Waals surface area contributed by atoms with Gasteiger partial charge in [0.15, 0.2) is 11.5 Å². The van der Waals surface area contributed by atoms with Gasteiger partial charge in [-0.25, -0.2) is 4.98 Å². The van der Waals surface area contributed by atoms with Gasteiger partial charge in [0.25, 0.3) is 0 Å². The number of benzene rings is 1. The lowest BCUT2D eigenvalue weighted by atomic mass is 9.81. The number of carbonyl (C=O) groups is 2. The minimum Gasteiger partial charge on any atom is -0.481 e. The van der Waals surface area contributed by atoms with Gasteiger partial charge in [-0.3, -0.25) is 9.59 Å². The van der Waals surface area contributed by atoms with E-state index in [-0.39, 0.29) is 17.7 Å². The molecule has 1 aromatic carbocycles. The standard InChI is InChI=1S/C18H20N2O4/c21-16(10-1-5-12(6-2-10)18(22)23)19-13-7-8-15-14(9-13)20-17(24-15)11-3-4-11/h7-12H,1-6H2,(H,19,21)(H,22,23). The molecule has 126 valence electrons. The molecule has 1 heterocycles. The van der Waals surface area contributed by atoms with Crippen LogP contribution in [0.1, 0.15) is 50.3 Å². The zero-order valence-electron chi connectivity index (χ0n) is 13.3. The van der Waals surface area contributed by atoms with Crippen LogP contribution in [0.5, 0.6) is 0 Å². The lowest BCUT2D eigenvalue weighted by Gasteiger charge is -2.25. The van der Waals surface area contributed by atoms with E-state index in [1.54, 1.807) is 0 Å². The fourth-order valence-corrected chi connectivity index (χ4v) is 3.37. The van der Waals surface area contributed by atoms with Crippen LogP contribution in [0, 0.1) is 11.8 Å². The number of hydrogen-bond acceptors (Lipinski definition) is 4. The highest BCUT2D eigenvalue weighted by molar-refractivity contribution is 5.94. The molecule has 4 rings (SSSR count). The van der Waals surface area contributed by atoms with Crippen molar-refractivity contribution in [3.63, 3.8) is 0 Å². The Morgan fingerprint density at radius 1 is 1.08 bits per heavy atom. The number of aliphatic carboxylic acids is 1. The second-order valence-corrected chi connectivity index (χ2v) is 6.88. The van der Waals surface area contributed by atoms with Crippen LogP contribution in [-0.4, -0.2) is 22.0 Å². The number of carboxylic acid groups (broad SMARTS) is 1. The van der Waals surface area contributed by atoms with Gasteiger partial charge in [0.2, 0.25) is 5.91 Å². The van der Waals surface area contributed by atoms with Crippen molar-refractivity contribution in [2.75, 3.05) is 5.32 Å². The van der Waals surface area contributed by atoms with Crippen LogP contribution in [-0.2, 0) is 9.59 Å². The quantitative estimate of drug-likeness (QED) is 0.895. The molecule has 1 amide bonds. The monoisotopic (exact) mass is 328 g/mol. The average Bonchev–Trinajstić information content (AvgIpc) is 3.34. The van der Waals surface area contributed by atoms with Gasteiger partial charge in [-0.1, -0.05) is 0 Å². The van der Waals surface area contributed by atoms with Crippen molar-refractivity contribution in [1.29, 1.82) is 0 Å². The van der Waals surface area contributed by atoms with Crippen molar-refractivity contribution in [1.82, 2.24) is 4.98 Å². The highest BCUT2D eigenvalue weighted by Gasteiger charge is 2.30. The third-order valence-corrected chi connectivity index (χ3v) is 5.05. The predicted molar refractivity (Wildman–Crippen MR) is 87.7 cm³/mol. The van der Waals surface area contributed by atoms with E-state index in [4.69, 9.17) is 9.52 Å². The maximum absolute atomic E-state index is 12.4. The van der Waals surface area contributed by atoms with Crippen LogP contribution in [0.4, 0.5) is 5.69 Å². The largest absolute Gasteiger partial charge is 0.481 e. The molecule has 1 aromatic heterocycles. The zero-order chi connectivity index (χ0) is 16.7. The third kappa shape index (κ3) is 3.00. The van der Waals surface area contributed by atoms with E-state index >= 15 is 0 Å². The molecule has 6 heteroatoms. The Kier molecular flexibility index (Phi) is 3.75. The summed E-state index contributed by atoms with van der Waals surface area (Å²) in [5, 5.41) is 12.0. The first-order valence-electron chi connectivity index (χ1n) is 8.54. The summed E-state index contributed by atoms with van der Waals surface area (Å²) in [4.78, 5) is 27.9. The minimum atomic E-state index is -0.753. The fourth-order valence-electron chi connectivity index (χ4n) is 3.37. The van der Waals surface area contributed by atoms with Gasteiger partial charge in [0, 0.05) is 17.5 Å². The van der Waals surface area contributed by atoms with E-state index in [0.717, 1.165) is 29.8 Å². The van der Waals surface area contributed by atoms with E-state index in [1.807, 2.05) is 18.2 Å². The summed E-state index contributed by atoms with van der Waals surface area (Å²) in [6.07, 6.45) is 4.66. The van der Waals surface area contributed by atoms with E-state index in [9.17, 15) is 9.59 Å². The molecule has 6 nitrogen and oxygen atoms in total. The number of rotatable bonds is 4. The van der Waals surface area contributed by atoms with Gasteiger partial charge in [-0.15, -0.1) is 0 Å². The maximum atomic E-state index is 12.4. The van der Waals surface area contributed by atoms with Gasteiger partial charge in [-0.05, 0) is 56.7 Å². The van der Waals surface area contributed by atoms with Crippen LogP contribution in [0.3, 0.4) is 0 Å². The number of fused-ring (bicyclic) bond motifs is 1. The SMILES string of the molecule is O=C(O)C1CCC(C(=O)Nc2ccc3oc(C4CC4)nc3c2)CC1. The molecule has 0 unspecified atom stereocenters.